The summed E-state index contributed by atoms with van der Waals surface area (Å²) in [5, 5.41) is 0. The lowest BCUT2D eigenvalue weighted by molar-refractivity contribution is -0.0524. The fourth-order valence-electron chi connectivity index (χ4n) is 3.58. The summed E-state index contributed by atoms with van der Waals surface area (Å²) < 4.78 is 5.64. The van der Waals surface area contributed by atoms with Gasteiger partial charge in [0.15, 0.2) is 0 Å². The Labute approximate surface area is 106 Å². The first-order chi connectivity index (χ1) is 8.17. The van der Waals surface area contributed by atoms with Crippen LogP contribution in [-0.2, 0) is 4.74 Å². The average molecular weight is 240 g/mol. The minimum Gasteiger partial charge on any atom is -0.380 e. The Kier molecular flexibility index (Phi) is 4.11. The van der Waals surface area contributed by atoms with E-state index in [1.165, 1.54) is 32.2 Å². The second-order valence-corrected chi connectivity index (χ2v) is 5.92. The monoisotopic (exact) mass is 240 g/mol. The van der Waals surface area contributed by atoms with Gasteiger partial charge in [-0.3, -0.25) is 4.90 Å². The quantitative estimate of drug-likeness (QED) is 0.797. The molecule has 2 rings (SSSR count). The Morgan fingerprint density at radius 1 is 1.35 bits per heavy atom. The first-order valence-corrected chi connectivity index (χ1v) is 7.15. The summed E-state index contributed by atoms with van der Waals surface area (Å²) in [5.41, 5.74) is 6.39. The third-order valence-electron chi connectivity index (χ3n) is 5.12. The van der Waals surface area contributed by atoms with Crippen LogP contribution in [0.4, 0.5) is 0 Å². The van der Waals surface area contributed by atoms with Crippen molar-refractivity contribution in [3.05, 3.63) is 0 Å². The summed E-state index contributed by atoms with van der Waals surface area (Å²) >= 11 is 0. The van der Waals surface area contributed by atoms with Gasteiger partial charge in [0.1, 0.15) is 0 Å². The van der Waals surface area contributed by atoms with Gasteiger partial charge in [-0.15, -0.1) is 0 Å². The molecule has 17 heavy (non-hydrogen) atoms. The summed E-state index contributed by atoms with van der Waals surface area (Å²) in [6, 6.07) is 0. The second kappa shape index (κ2) is 5.25. The van der Waals surface area contributed by atoms with Gasteiger partial charge in [0.25, 0.3) is 0 Å². The molecular formula is C14H28N2O. The maximum atomic E-state index is 6.13. The van der Waals surface area contributed by atoms with Gasteiger partial charge in [-0.25, -0.2) is 0 Å². The van der Waals surface area contributed by atoms with Crippen LogP contribution < -0.4 is 5.73 Å². The molecule has 3 heteroatoms. The van der Waals surface area contributed by atoms with Crippen molar-refractivity contribution in [1.29, 1.82) is 0 Å². The summed E-state index contributed by atoms with van der Waals surface area (Å²) in [4.78, 5) is 2.64. The van der Waals surface area contributed by atoms with E-state index < -0.39 is 0 Å². The molecule has 0 spiro atoms. The van der Waals surface area contributed by atoms with Crippen LogP contribution in [0.25, 0.3) is 0 Å². The SMILES string of the molecule is CCC(CN)(C1CC1)N1CCC(C)C(OC)C1. The first kappa shape index (κ1) is 13.3. The Hall–Kier alpha value is -0.120. The van der Waals surface area contributed by atoms with Crippen molar-refractivity contribution in [2.75, 3.05) is 26.7 Å². The molecule has 1 aliphatic heterocycles. The van der Waals surface area contributed by atoms with E-state index in [2.05, 4.69) is 18.7 Å². The Bertz CT molecular complexity index is 249. The largest absolute Gasteiger partial charge is 0.380 e. The van der Waals surface area contributed by atoms with E-state index in [0.717, 1.165) is 19.0 Å². The van der Waals surface area contributed by atoms with Crippen LogP contribution in [0.3, 0.4) is 0 Å². The van der Waals surface area contributed by atoms with E-state index in [9.17, 15) is 0 Å². The molecule has 0 aromatic rings. The topological polar surface area (TPSA) is 38.5 Å². The number of likely N-dealkylation sites (tertiary alicyclic amines) is 1. The van der Waals surface area contributed by atoms with Crippen LogP contribution in [-0.4, -0.2) is 43.3 Å². The molecule has 100 valence electrons. The molecule has 1 heterocycles. The van der Waals surface area contributed by atoms with Gasteiger partial charge in [-0.05, 0) is 44.1 Å². The van der Waals surface area contributed by atoms with Crippen molar-refractivity contribution in [3.63, 3.8) is 0 Å². The van der Waals surface area contributed by atoms with Gasteiger partial charge < -0.3 is 10.5 Å². The normalized spacial score (nSPS) is 34.6. The van der Waals surface area contributed by atoms with E-state index in [1.807, 2.05) is 7.11 Å². The molecule has 0 aromatic carbocycles. The fraction of sp³-hybridized carbons (Fsp3) is 1.00. The molecule has 2 fully saturated rings. The summed E-state index contributed by atoms with van der Waals surface area (Å²) in [6.07, 6.45) is 5.55. The molecule has 1 aliphatic carbocycles. The second-order valence-electron chi connectivity index (χ2n) is 5.92. The minimum atomic E-state index is 0.261. The molecule has 0 radical (unpaired) electrons. The number of nitrogens with two attached hydrogens (primary N) is 1. The molecule has 0 amide bonds. The highest BCUT2D eigenvalue weighted by atomic mass is 16.5. The van der Waals surface area contributed by atoms with Gasteiger partial charge in [-0.1, -0.05) is 13.8 Å². The molecule has 3 unspecified atom stereocenters. The molecule has 3 nitrogen and oxygen atoms in total. The van der Waals surface area contributed by atoms with Crippen molar-refractivity contribution in [3.8, 4) is 0 Å². The summed E-state index contributed by atoms with van der Waals surface area (Å²) in [7, 11) is 1.85. The van der Waals surface area contributed by atoms with Gasteiger partial charge >= 0.3 is 0 Å². The number of piperidine rings is 1. The smallest absolute Gasteiger partial charge is 0.0724 e. The fourth-order valence-corrected chi connectivity index (χ4v) is 3.58. The van der Waals surface area contributed by atoms with E-state index >= 15 is 0 Å². The molecule has 3 atom stereocenters. The first-order valence-electron chi connectivity index (χ1n) is 7.15. The van der Waals surface area contributed by atoms with Crippen molar-refractivity contribution < 1.29 is 4.74 Å². The third kappa shape index (κ3) is 2.38. The van der Waals surface area contributed by atoms with Crippen LogP contribution in [0.2, 0.25) is 0 Å². The Morgan fingerprint density at radius 3 is 2.53 bits per heavy atom. The van der Waals surface area contributed by atoms with Gasteiger partial charge in [0, 0.05) is 25.7 Å². The van der Waals surface area contributed by atoms with Crippen molar-refractivity contribution in [2.24, 2.45) is 17.6 Å². The van der Waals surface area contributed by atoms with Crippen LogP contribution in [0.15, 0.2) is 0 Å². The summed E-state index contributed by atoms with van der Waals surface area (Å²) in [6.45, 7) is 7.67. The van der Waals surface area contributed by atoms with Gasteiger partial charge in [0.05, 0.1) is 6.10 Å². The number of nitrogens with zero attached hydrogens (tertiary/aromatic N) is 1. The van der Waals surface area contributed by atoms with Crippen LogP contribution in [0.1, 0.15) is 39.5 Å². The van der Waals surface area contributed by atoms with Crippen LogP contribution >= 0.6 is 0 Å². The Morgan fingerprint density at radius 2 is 2.06 bits per heavy atom. The zero-order valence-electron chi connectivity index (χ0n) is 11.6. The van der Waals surface area contributed by atoms with E-state index in [0.29, 0.717) is 12.0 Å². The van der Waals surface area contributed by atoms with Crippen molar-refractivity contribution >= 4 is 0 Å². The Balaban J connectivity index is 2.09. The zero-order valence-corrected chi connectivity index (χ0v) is 11.6. The maximum absolute atomic E-state index is 6.13. The molecule has 0 bridgehead atoms. The van der Waals surface area contributed by atoms with Gasteiger partial charge in [0.2, 0.25) is 0 Å². The standard InChI is InChI=1S/C14H28N2O/c1-4-14(10-15,12-5-6-12)16-8-7-11(2)13(9-16)17-3/h11-13H,4-10,15H2,1-3H3. The summed E-state index contributed by atoms with van der Waals surface area (Å²) in [5.74, 6) is 1.52. The maximum Gasteiger partial charge on any atom is 0.0724 e. The number of rotatable bonds is 5. The molecule has 1 saturated carbocycles. The number of ether oxygens (including phenoxy) is 1. The number of methoxy groups -OCH3 is 1. The molecule has 2 aliphatic rings. The van der Waals surface area contributed by atoms with E-state index in [4.69, 9.17) is 10.5 Å². The lowest BCUT2D eigenvalue weighted by Crippen LogP contribution is -2.60. The minimum absolute atomic E-state index is 0.261. The van der Waals surface area contributed by atoms with E-state index in [-0.39, 0.29) is 5.54 Å². The highest BCUT2D eigenvalue weighted by Gasteiger charge is 2.48. The highest BCUT2D eigenvalue weighted by Crippen LogP contribution is 2.45. The zero-order chi connectivity index (χ0) is 12.5. The third-order valence-corrected chi connectivity index (χ3v) is 5.12. The predicted octanol–water partition coefficient (Wildman–Crippen LogP) is 1.86. The van der Waals surface area contributed by atoms with Gasteiger partial charge in [-0.2, -0.15) is 0 Å². The highest BCUT2D eigenvalue weighted by molar-refractivity contribution is 5.04. The number of hydrogen-bond donors (Lipinski definition) is 1. The van der Waals surface area contributed by atoms with E-state index in [1.54, 1.807) is 0 Å². The number of hydrogen-bond acceptors (Lipinski definition) is 3. The average Bonchev–Trinajstić information content (AvgIpc) is 3.18. The molecular weight excluding hydrogens is 212 g/mol. The molecule has 0 aromatic heterocycles. The lowest BCUT2D eigenvalue weighted by atomic mass is 9.84. The van der Waals surface area contributed by atoms with Crippen molar-refractivity contribution in [2.45, 2.75) is 51.2 Å². The van der Waals surface area contributed by atoms with Crippen LogP contribution in [0.5, 0.6) is 0 Å². The molecule has 1 saturated heterocycles. The molecule has 2 N–H and O–H groups in total. The lowest BCUT2D eigenvalue weighted by Gasteiger charge is -2.48. The predicted molar refractivity (Wildman–Crippen MR) is 71.0 cm³/mol. The van der Waals surface area contributed by atoms with Crippen LogP contribution in [0, 0.1) is 11.8 Å². The van der Waals surface area contributed by atoms with Crippen molar-refractivity contribution in [1.82, 2.24) is 4.90 Å².